The summed E-state index contributed by atoms with van der Waals surface area (Å²) in [6.45, 7) is -0.875. The molecule has 3 N–H and O–H groups in total. The number of sulfonamides is 1. The third-order valence-corrected chi connectivity index (χ3v) is 6.90. The maximum atomic E-state index is 13.9. The second kappa shape index (κ2) is 10.6. The van der Waals surface area contributed by atoms with Crippen molar-refractivity contribution >= 4 is 49.4 Å². The van der Waals surface area contributed by atoms with E-state index in [0.717, 1.165) is 29.1 Å². The fourth-order valence-electron chi connectivity index (χ4n) is 4.53. The van der Waals surface area contributed by atoms with Crippen LogP contribution in [0.15, 0.2) is 54.6 Å². The third-order valence-electron chi connectivity index (χ3n) is 6.02. The van der Waals surface area contributed by atoms with Gasteiger partial charge in [-0.05, 0) is 48.4 Å². The van der Waals surface area contributed by atoms with Crippen LogP contribution in [0.1, 0.15) is 17.3 Å². The van der Waals surface area contributed by atoms with E-state index in [1.54, 1.807) is 24.3 Å². The average molecular weight is 593 g/mol. The Morgan fingerprint density at radius 3 is 2.30 bits per heavy atom. The molecule has 0 aliphatic carbocycles. The topological polar surface area (TPSA) is 116 Å². The smallest absolute Gasteiger partial charge is 0.257 e. The van der Waals surface area contributed by atoms with Crippen LogP contribution in [-0.4, -0.2) is 40.8 Å². The van der Waals surface area contributed by atoms with E-state index < -0.39 is 40.7 Å². The number of nitrogens with one attached hydrogen (secondary N) is 1. The molecular formula is C26H21ClF4N6O2S. The zero-order valence-electron chi connectivity index (χ0n) is 20.7. The van der Waals surface area contributed by atoms with Crippen molar-refractivity contribution in [1.82, 2.24) is 19.7 Å². The fraction of sp³-hybridized carbons (Fsp3) is 0.192. The Morgan fingerprint density at radius 1 is 1.02 bits per heavy atom. The monoisotopic (exact) mass is 592 g/mol. The number of hydrogen-bond donors (Lipinski definition) is 2. The van der Waals surface area contributed by atoms with Gasteiger partial charge in [-0.3, -0.25) is 9.40 Å². The van der Waals surface area contributed by atoms with E-state index in [1.165, 1.54) is 12.1 Å². The molecule has 0 spiro atoms. The van der Waals surface area contributed by atoms with Gasteiger partial charge in [0.1, 0.15) is 18.2 Å². The Hall–Kier alpha value is -3.81. The van der Waals surface area contributed by atoms with Crippen LogP contribution in [0.5, 0.6) is 0 Å². The van der Waals surface area contributed by atoms with Gasteiger partial charge in [0.25, 0.3) is 6.43 Å². The zero-order valence-corrected chi connectivity index (χ0v) is 22.3. The van der Waals surface area contributed by atoms with Crippen LogP contribution in [-0.2, 0) is 23.0 Å². The minimum atomic E-state index is -3.85. The lowest BCUT2D eigenvalue weighted by Crippen LogP contribution is -2.18. The number of benzene rings is 3. The highest BCUT2D eigenvalue weighted by Gasteiger charge is 2.26. The van der Waals surface area contributed by atoms with Crippen LogP contribution in [0.3, 0.4) is 0 Å². The second-order valence-corrected chi connectivity index (χ2v) is 11.3. The SMILES string of the molecule is CS(=O)(=O)Nc1nn(CC(F)F)c2c(-c3nc4ccccc4nc3C(N)Cc3cc(F)cc(F)c3)ccc(Cl)c12. The van der Waals surface area contributed by atoms with Gasteiger partial charge in [0, 0.05) is 11.6 Å². The molecule has 208 valence electrons. The summed E-state index contributed by atoms with van der Waals surface area (Å²) in [6, 6.07) is 12.0. The largest absolute Gasteiger partial charge is 0.322 e. The van der Waals surface area contributed by atoms with Gasteiger partial charge in [-0.15, -0.1) is 0 Å². The predicted molar refractivity (Wildman–Crippen MR) is 145 cm³/mol. The lowest BCUT2D eigenvalue weighted by Gasteiger charge is -2.18. The standard InChI is InChI=1S/C26H21ClF4N6O2S/c1-40(38,39)36-26-22-17(27)7-6-16(25(22)37(35-26)12-21(30)31)23-24(34-20-5-3-2-4-19(20)33-23)18(32)10-13-8-14(28)11-15(29)9-13/h2-9,11,18,21H,10,12,32H2,1H3,(H,35,36). The highest BCUT2D eigenvalue weighted by Crippen LogP contribution is 2.39. The number of alkyl halides is 2. The van der Waals surface area contributed by atoms with Crippen molar-refractivity contribution in [2.75, 3.05) is 11.0 Å². The van der Waals surface area contributed by atoms with Crippen molar-refractivity contribution in [3.05, 3.63) is 82.5 Å². The number of para-hydroxylation sites is 2. The maximum Gasteiger partial charge on any atom is 0.257 e. The molecule has 3 aromatic carbocycles. The van der Waals surface area contributed by atoms with Gasteiger partial charge in [-0.25, -0.2) is 35.9 Å². The van der Waals surface area contributed by atoms with Gasteiger partial charge in [0.15, 0.2) is 5.82 Å². The molecule has 0 amide bonds. The summed E-state index contributed by atoms with van der Waals surface area (Å²) >= 11 is 6.43. The lowest BCUT2D eigenvalue weighted by molar-refractivity contribution is 0.123. The number of nitrogens with two attached hydrogens (primary N) is 1. The van der Waals surface area contributed by atoms with E-state index in [2.05, 4.69) is 14.8 Å². The number of halogens is 5. The molecule has 0 aliphatic heterocycles. The van der Waals surface area contributed by atoms with E-state index in [0.29, 0.717) is 11.0 Å². The Balaban J connectivity index is 1.77. The quantitative estimate of drug-likeness (QED) is 0.231. The first-order valence-electron chi connectivity index (χ1n) is 11.8. The molecule has 5 rings (SSSR count). The summed E-state index contributed by atoms with van der Waals surface area (Å²) in [5.41, 5.74) is 8.48. The maximum absolute atomic E-state index is 13.9. The molecule has 0 fully saturated rings. The van der Waals surface area contributed by atoms with Crippen LogP contribution in [0.25, 0.3) is 33.2 Å². The Morgan fingerprint density at radius 2 is 1.68 bits per heavy atom. The highest BCUT2D eigenvalue weighted by molar-refractivity contribution is 7.92. The van der Waals surface area contributed by atoms with Gasteiger partial charge >= 0.3 is 0 Å². The Bertz CT molecular complexity index is 1850. The number of fused-ring (bicyclic) bond motifs is 2. The van der Waals surface area contributed by atoms with Crippen molar-refractivity contribution in [3.63, 3.8) is 0 Å². The van der Waals surface area contributed by atoms with E-state index >= 15 is 0 Å². The molecule has 5 aromatic rings. The number of hydrogen-bond acceptors (Lipinski definition) is 6. The van der Waals surface area contributed by atoms with Crippen LogP contribution >= 0.6 is 11.6 Å². The van der Waals surface area contributed by atoms with Crippen LogP contribution < -0.4 is 10.5 Å². The summed E-state index contributed by atoms with van der Waals surface area (Å²) in [6.07, 6.45) is -1.97. The predicted octanol–water partition coefficient (Wildman–Crippen LogP) is 5.46. The minimum absolute atomic E-state index is 0.0252. The van der Waals surface area contributed by atoms with Gasteiger partial charge in [-0.1, -0.05) is 23.7 Å². The Labute approximate surface area is 230 Å². The number of rotatable bonds is 8. The van der Waals surface area contributed by atoms with E-state index in [9.17, 15) is 26.0 Å². The van der Waals surface area contributed by atoms with Crippen LogP contribution in [0, 0.1) is 11.6 Å². The van der Waals surface area contributed by atoms with Crippen molar-refractivity contribution in [1.29, 1.82) is 0 Å². The van der Waals surface area contributed by atoms with Gasteiger partial charge in [0.2, 0.25) is 10.0 Å². The molecule has 40 heavy (non-hydrogen) atoms. The fourth-order valence-corrected chi connectivity index (χ4v) is 5.27. The van der Waals surface area contributed by atoms with Gasteiger partial charge < -0.3 is 5.73 Å². The molecule has 2 aromatic heterocycles. The van der Waals surface area contributed by atoms with Crippen molar-refractivity contribution in [2.45, 2.75) is 25.4 Å². The van der Waals surface area contributed by atoms with Crippen molar-refractivity contribution in [3.8, 4) is 11.3 Å². The first-order valence-corrected chi connectivity index (χ1v) is 14.1. The summed E-state index contributed by atoms with van der Waals surface area (Å²) in [4.78, 5) is 9.41. The lowest BCUT2D eigenvalue weighted by atomic mass is 9.97. The summed E-state index contributed by atoms with van der Waals surface area (Å²) < 4.78 is 82.2. The van der Waals surface area contributed by atoms with E-state index in [1.807, 2.05) is 0 Å². The number of nitrogens with zero attached hydrogens (tertiary/aromatic N) is 4. The first kappa shape index (κ1) is 27.7. The second-order valence-electron chi connectivity index (χ2n) is 9.15. The van der Waals surface area contributed by atoms with E-state index in [4.69, 9.17) is 22.3 Å². The third kappa shape index (κ3) is 5.71. The molecule has 2 heterocycles. The van der Waals surface area contributed by atoms with Crippen LogP contribution in [0.2, 0.25) is 5.02 Å². The molecule has 1 atom stereocenters. The molecule has 0 saturated carbocycles. The molecule has 0 bridgehead atoms. The first-order chi connectivity index (χ1) is 18.9. The summed E-state index contributed by atoms with van der Waals surface area (Å²) in [5, 5.41) is 4.22. The number of aromatic nitrogens is 4. The summed E-state index contributed by atoms with van der Waals surface area (Å²) in [5.74, 6) is -1.78. The number of anilines is 1. The normalized spacial score (nSPS) is 12.9. The van der Waals surface area contributed by atoms with E-state index in [-0.39, 0.29) is 50.7 Å². The van der Waals surface area contributed by atoms with Gasteiger partial charge in [0.05, 0.1) is 50.6 Å². The Kier molecular flexibility index (Phi) is 7.38. The van der Waals surface area contributed by atoms with Gasteiger partial charge in [-0.2, -0.15) is 5.10 Å². The molecule has 14 heteroatoms. The minimum Gasteiger partial charge on any atom is -0.322 e. The molecule has 8 nitrogen and oxygen atoms in total. The van der Waals surface area contributed by atoms with Crippen molar-refractivity contribution in [2.24, 2.45) is 5.73 Å². The molecule has 0 aliphatic rings. The average Bonchev–Trinajstić information content (AvgIpc) is 3.19. The molecule has 0 radical (unpaired) electrons. The highest BCUT2D eigenvalue weighted by atomic mass is 35.5. The van der Waals surface area contributed by atoms with Crippen LogP contribution in [0.4, 0.5) is 23.4 Å². The molecule has 1 unspecified atom stereocenters. The summed E-state index contributed by atoms with van der Waals surface area (Å²) in [7, 11) is -3.85. The molecular weight excluding hydrogens is 572 g/mol. The molecule has 0 saturated heterocycles. The zero-order chi connectivity index (χ0) is 28.8. The van der Waals surface area contributed by atoms with Crippen molar-refractivity contribution < 1.29 is 26.0 Å².